The maximum absolute atomic E-state index is 10.8. The van der Waals surface area contributed by atoms with Crippen LogP contribution in [0.25, 0.3) is 0 Å². The Labute approximate surface area is 103 Å². The zero-order chi connectivity index (χ0) is 13.1. The van der Waals surface area contributed by atoms with Crippen LogP contribution in [0.2, 0.25) is 0 Å². The number of nitrogens with one attached hydrogen (secondary N) is 1. The summed E-state index contributed by atoms with van der Waals surface area (Å²) in [6.45, 7) is 1.68. The molecule has 0 fully saturated rings. The van der Waals surface area contributed by atoms with E-state index in [2.05, 4.69) is 15.3 Å². The highest BCUT2D eigenvalue weighted by Gasteiger charge is 2.11. The first-order valence-corrected chi connectivity index (χ1v) is 5.16. The molecule has 0 aliphatic carbocycles. The van der Waals surface area contributed by atoms with E-state index in [1.807, 2.05) is 0 Å². The Kier molecular flexibility index (Phi) is 3.05. The molecule has 0 spiro atoms. The Hall–Kier alpha value is -2.70. The second-order valence-corrected chi connectivity index (χ2v) is 3.67. The second-order valence-electron chi connectivity index (χ2n) is 3.67. The molecule has 92 valence electrons. The van der Waals surface area contributed by atoms with Gasteiger partial charge in [0, 0.05) is 29.7 Å². The number of nitro benzene ring substituents is 1. The predicted molar refractivity (Wildman–Crippen MR) is 67.6 cm³/mol. The quantitative estimate of drug-likeness (QED) is 0.632. The van der Waals surface area contributed by atoms with Crippen molar-refractivity contribution in [1.82, 2.24) is 9.97 Å². The molecule has 1 aromatic carbocycles. The first kappa shape index (κ1) is 11.8. The van der Waals surface area contributed by atoms with Crippen molar-refractivity contribution in [3.63, 3.8) is 0 Å². The zero-order valence-electron chi connectivity index (χ0n) is 9.62. The van der Waals surface area contributed by atoms with Crippen LogP contribution in [-0.2, 0) is 0 Å². The van der Waals surface area contributed by atoms with E-state index in [1.165, 1.54) is 18.5 Å². The third-order valence-corrected chi connectivity index (χ3v) is 2.40. The summed E-state index contributed by atoms with van der Waals surface area (Å²) in [6, 6.07) is 4.81. The van der Waals surface area contributed by atoms with Gasteiger partial charge in [-0.2, -0.15) is 0 Å². The van der Waals surface area contributed by atoms with Gasteiger partial charge in [-0.15, -0.1) is 0 Å². The molecule has 18 heavy (non-hydrogen) atoms. The highest BCUT2D eigenvalue weighted by Crippen LogP contribution is 2.25. The molecule has 0 saturated carbocycles. The molecule has 0 unspecified atom stereocenters. The lowest BCUT2D eigenvalue weighted by atomic mass is 10.2. The molecule has 1 heterocycles. The van der Waals surface area contributed by atoms with Crippen LogP contribution in [-0.4, -0.2) is 14.9 Å². The van der Waals surface area contributed by atoms with Gasteiger partial charge in [0.05, 0.1) is 4.92 Å². The van der Waals surface area contributed by atoms with E-state index in [0.29, 0.717) is 17.1 Å². The lowest BCUT2D eigenvalue weighted by Crippen LogP contribution is -2.01. The predicted octanol–water partition coefficient (Wildman–Crippen LogP) is 2.02. The van der Waals surface area contributed by atoms with Crippen molar-refractivity contribution in [2.24, 2.45) is 0 Å². The zero-order valence-corrected chi connectivity index (χ0v) is 9.62. The third kappa shape index (κ3) is 2.34. The summed E-state index contributed by atoms with van der Waals surface area (Å²) in [7, 11) is 0. The van der Waals surface area contributed by atoms with Gasteiger partial charge in [-0.05, 0) is 13.0 Å². The third-order valence-electron chi connectivity index (χ3n) is 2.40. The van der Waals surface area contributed by atoms with Gasteiger partial charge in [0.15, 0.2) is 11.6 Å². The van der Waals surface area contributed by atoms with Crippen LogP contribution in [0.5, 0.6) is 0 Å². The molecule has 2 aromatic rings. The summed E-state index contributed by atoms with van der Waals surface area (Å²) >= 11 is 0. The highest BCUT2D eigenvalue weighted by molar-refractivity contribution is 5.67. The number of nitro groups is 1. The van der Waals surface area contributed by atoms with E-state index in [0.717, 1.165) is 0 Å². The van der Waals surface area contributed by atoms with Crippen LogP contribution in [0.3, 0.4) is 0 Å². The summed E-state index contributed by atoms with van der Waals surface area (Å²) < 4.78 is 0. The van der Waals surface area contributed by atoms with Gasteiger partial charge in [-0.25, -0.2) is 9.97 Å². The molecular weight excluding hydrogens is 234 g/mol. The molecule has 0 radical (unpaired) electrons. The van der Waals surface area contributed by atoms with Gasteiger partial charge in [-0.3, -0.25) is 10.1 Å². The minimum absolute atomic E-state index is 0.0439. The van der Waals surface area contributed by atoms with Crippen molar-refractivity contribution in [3.8, 4) is 0 Å². The normalized spacial score (nSPS) is 10.1. The van der Waals surface area contributed by atoms with Gasteiger partial charge in [-0.1, -0.05) is 6.07 Å². The lowest BCUT2D eigenvalue weighted by Gasteiger charge is -2.07. The first-order valence-electron chi connectivity index (χ1n) is 5.16. The largest absolute Gasteiger partial charge is 0.381 e. The van der Waals surface area contributed by atoms with Crippen molar-refractivity contribution in [1.29, 1.82) is 0 Å². The highest BCUT2D eigenvalue weighted by atomic mass is 16.6. The number of benzene rings is 1. The summed E-state index contributed by atoms with van der Waals surface area (Å²) in [5, 5.41) is 13.7. The van der Waals surface area contributed by atoms with Crippen molar-refractivity contribution >= 4 is 23.0 Å². The Bertz CT molecular complexity index is 600. The fourth-order valence-electron chi connectivity index (χ4n) is 1.47. The number of nitrogens with zero attached hydrogens (tertiary/aromatic N) is 3. The van der Waals surface area contributed by atoms with Gasteiger partial charge in [0.25, 0.3) is 5.69 Å². The summed E-state index contributed by atoms with van der Waals surface area (Å²) in [5.41, 5.74) is 6.81. The molecule has 0 atom stereocenters. The van der Waals surface area contributed by atoms with Crippen molar-refractivity contribution in [2.75, 3.05) is 11.1 Å². The molecular formula is C11H11N5O2. The molecule has 0 bridgehead atoms. The molecule has 3 N–H and O–H groups in total. The Morgan fingerprint density at radius 3 is 2.72 bits per heavy atom. The monoisotopic (exact) mass is 245 g/mol. The average molecular weight is 245 g/mol. The lowest BCUT2D eigenvalue weighted by molar-refractivity contribution is -0.385. The number of anilines is 3. The minimum atomic E-state index is -0.430. The fourth-order valence-corrected chi connectivity index (χ4v) is 1.47. The molecule has 0 aliphatic heterocycles. The van der Waals surface area contributed by atoms with Crippen LogP contribution in [0.4, 0.5) is 23.0 Å². The Balaban J connectivity index is 2.33. The molecule has 7 heteroatoms. The number of hydrogen-bond acceptors (Lipinski definition) is 6. The smallest absolute Gasteiger partial charge is 0.274 e. The van der Waals surface area contributed by atoms with Crippen LogP contribution in [0, 0.1) is 17.0 Å². The fraction of sp³-hybridized carbons (Fsp3) is 0.0909. The number of aromatic nitrogens is 2. The van der Waals surface area contributed by atoms with E-state index < -0.39 is 4.92 Å². The number of nitrogen functional groups attached to an aromatic ring is 1. The Morgan fingerprint density at radius 1 is 1.33 bits per heavy atom. The molecule has 0 aliphatic rings. The number of aryl methyl sites for hydroxylation is 1. The number of hydrogen-bond donors (Lipinski definition) is 2. The number of nitrogens with two attached hydrogens (primary N) is 1. The van der Waals surface area contributed by atoms with E-state index >= 15 is 0 Å². The van der Waals surface area contributed by atoms with E-state index in [1.54, 1.807) is 19.1 Å². The van der Waals surface area contributed by atoms with Gasteiger partial charge in [0.2, 0.25) is 0 Å². The van der Waals surface area contributed by atoms with Crippen LogP contribution in [0.15, 0.2) is 30.6 Å². The summed E-state index contributed by atoms with van der Waals surface area (Å²) in [5.74, 6) is 0.608. The van der Waals surface area contributed by atoms with E-state index in [-0.39, 0.29) is 11.5 Å². The second kappa shape index (κ2) is 4.66. The molecule has 0 amide bonds. The Morgan fingerprint density at radius 2 is 2.06 bits per heavy atom. The summed E-state index contributed by atoms with van der Waals surface area (Å²) in [4.78, 5) is 18.3. The van der Waals surface area contributed by atoms with Crippen LogP contribution in [0.1, 0.15) is 5.56 Å². The van der Waals surface area contributed by atoms with Crippen LogP contribution < -0.4 is 11.1 Å². The molecule has 1 aromatic heterocycles. The van der Waals surface area contributed by atoms with Gasteiger partial charge in [0.1, 0.15) is 0 Å². The topological polar surface area (TPSA) is 107 Å². The van der Waals surface area contributed by atoms with Crippen LogP contribution >= 0.6 is 0 Å². The molecule has 7 nitrogen and oxygen atoms in total. The first-order chi connectivity index (χ1) is 8.58. The number of rotatable bonds is 3. The van der Waals surface area contributed by atoms with E-state index in [9.17, 15) is 10.1 Å². The SMILES string of the molecule is Cc1ccc(Nc2nccnc2N)cc1[N+](=O)[O-]. The minimum Gasteiger partial charge on any atom is -0.381 e. The van der Waals surface area contributed by atoms with Crippen molar-refractivity contribution < 1.29 is 4.92 Å². The van der Waals surface area contributed by atoms with Gasteiger partial charge < -0.3 is 11.1 Å². The van der Waals surface area contributed by atoms with Crippen molar-refractivity contribution in [2.45, 2.75) is 6.92 Å². The molecule has 0 saturated heterocycles. The maximum Gasteiger partial charge on any atom is 0.274 e. The average Bonchev–Trinajstić information content (AvgIpc) is 2.34. The van der Waals surface area contributed by atoms with Gasteiger partial charge >= 0.3 is 0 Å². The van der Waals surface area contributed by atoms with Crippen molar-refractivity contribution in [3.05, 3.63) is 46.3 Å². The maximum atomic E-state index is 10.8. The molecule has 2 rings (SSSR count). The standard InChI is InChI=1S/C11H11N5O2/c1-7-2-3-8(6-9(7)16(17)18)15-11-10(12)13-4-5-14-11/h2-6H,1H3,(H2,12,13)(H,14,15). The summed E-state index contributed by atoms with van der Waals surface area (Å²) in [6.07, 6.45) is 2.96. The van der Waals surface area contributed by atoms with E-state index in [4.69, 9.17) is 5.73 Å².